The lowest BCUT2D eigenvalue weighted by Crippen LogP contribution is -2.27. The Balaban J connectivity index is 2.42. The Morgan fingerprint density at radius 3 is 2.67 bits per heavy atom. The maximum absolute atomic E-state index is 8.90. The van der Waals surface area contributed by atoms with E-state index in [0.29, 0.717) is 6.54 Å². The minimum Gasteiger partial charge on any atom is -0.396 e. The summed E-state index contributed by atoms with van der Waals surface area (Å²) in [6, 6.07) is 0. The molecule has 1 aromatic heterocycles. The molecule has 0 radical (unpaired) electrons. The highest BCUT2D eigenvalue weighted by Crippen LogP contribution is 2.14. The number of hydrogen-bond acceptors (Lipinski definition) is 5. The van der Waals surface area contributed by atoms with E-state index in [9.17, 15) is 0 Å². The van der Waals surface area contributed by atoms with Crippen LogP contribution in [0.25, 0.3) is 0 Å². The number of thiazole rings is 1. The molecule has 0 spiro atoms. The van der Waals surface area contributed by atoms with E-state index in [-0.39, 0.29) is 13.2 Å². The zero-order valence-electron chi connectivity index (χ0n) is 9.02. The monoisotopic (exact) mass is 230 g/mol. The van der Waals surface area contributed by atoms with E-state index >= 15 is 0 Å². The Morgan fingerprint density at radius 2 is 2.13 bits per heavy atom. The molecule has 2 N–H and O–H groups in total. The van der Waals surface area contributed by atoms with E-state index in [0.717, 1.165) is 24.5 Å². The minimum atomic E-state index is 0.156. The Kier molecular flexibility index (Phi) is 5.78. The molecule has 0 unspecified atom stereocenters. The second-order valence-electron chi connectivity index (χ2n) is 3.42. The lowest BCUT2D eigenvalue weighted by atomic mass is 10.3. The van der Waals surface area contributed by atoms with Crippen LogP contribution < -0.4 is 0 Å². The topological polar surface area (TPSA) is 56.6 Å². The fourth-order valence-corrected chi connectivity index (χ4v) is 2.24. The Bertz CT molecular complexity index is 278. The van der Waals surface area contributed by atoms with Crippen molar-refractivity contribution in [3.05, 3.63) is 16.1 Å². The number of aliphatic hydroxyl groups is 2. The van der Waals surface area contributed by atoms with Crippen LogP contribution in [0.15, 0.2) is 6.20 Å². The maximum Gasteiger partial charge on any atom is 0.0897 e. The van der Waals surface area contributed by atoms with Gasteiger partial charge in [0.05, 0.1) is 11.6 Å². The molecule has 0 saturated heterocycles. The van der Waals surface area contributed by atoms with Gasteiger partial charge in [-0.15, -0.1) is 11.3 Å². The maximum atomic E-state index is 8.90. The van der Waals surface area contributed by atoms with Crippen LogP contribution in [-0.4, -0.2) is 46.4 Å². The highest BCUT2D eigenvalue weighted by molar-refractivity contribution is 7.11. The van der Waals surface area contributed by atoms with E-state index < -0.39 is 0 Å². The summed E-state index contributed by atoms with van der Waals surface area (Å²) in [4.78, 5) is 7.53. The Hall–Kier alpha value is -0.490. The van der Waals surface area contributed by atoms with Crippen molar-refractivity contribution in [2.45, 2.75) is 19.9 Å². The number of aryl methyl sites for hydroxylation is 1. The SMILES string of the molecule is Cc1ncc(CN(CCO)CCCO)s1. The summed E-state index contributed by atoms with van der Waals surface area (Å²) in [5.41, 5.74) is 0. The third kappa shape index (κ3) is 4.70. The summed E-state index contributed by atoms with van der Waals surface area (Å²) in [5.74, 6) is 0. The molecule has 0 aliphatic carbocycles. The third-order valence-corrected chi connectivity index (χ3v) is 2.99. The summed E-state index contributed by atoms with van der Waals surface area (Å²) in [6.07, 6.45) is 2.63. The highest BCUT2D eigenvalue weighted by Gasteiger charge is 2.06. The van der Waals surface area contributed by atoms with Crippen molar-refractivity contribution in [2.24, 2.45) is 0 Å². The molecule has 0 aromatic carbocycles. The molecule has 0 amide bonds. The van der Waals surface area contributed by atoms with Crippen molar-refractivity contribution in [1.82, 2.24) is 9.88 Å². The summed E-state index contributed by atoms with van der Waals surface area (Å²) < 4.78 is 0. The molecule has 5 heteroatoms. The predicted molar refractivity (Wildman–Crippen MR) is 60.9 cm³/mol. The molecule has 1 rings (SSSR count). The van der Waals surface area contributed by atoms with Gasteiger partial charge in [0.15, 0.2) is 0 Å². The fourth-order valence-electron chi connectivity index (χ4n) is 1.40. The van der Waals surface area contributed by atoms with Gasteiger partial charge in [0.2, 0.25) is 0 Å². The van der Waals surface area contributed by atoms with Crippen LogP contribution in [0.5, 0.6) is 0 Å². The van der Waals surface area contributed by atoms with Crippen LogP contribution in [0.3, 0.4) is 0 Å². The molecule has 0 saturated carbocycles. The first-order chi connectivity index (χ1) is 7.26. The van der Waals surface area contributed by atoms with Gasteiger partial charge < -0.3 is 10.2 Å². The van der Waals surface area contributed by atoms with Crippen molar-refractivity contribution in [1.29, 1.82) is 0 Å². The normalized spacial score (nSPS) is 11.2. The molecule has 15 heavy (non-hydrogen) atoms. The fraction of sp³-hybridized carbons (Fsp3) is 0.700. The Morgan fingerprint density at radius 1 is 1.33 bits per heavy atom. The number of nitrogens with zero attached hydrogens (tertiary/aromatic N) is 2. The van der Waals surface area contributed by atoms with Crippen molar-refractivity contribution < 1.29 is 10.2 Å². The standard InChI is InChI=1S/C10H18N2O2S/c1-9-11-7-10(15-9)8-12(4-6-14)3-2-5-13/h7,13-14H,2-6,8H2,1H3. The van der Waals surface area contributed by atoms with Crippen LogP contribution in [0.2, 0.25) is 0 Å². The van der Waals surface area contributed by atoms with E-state index in [1.165, 1.54) is 4.88 Å². The second kappa shape index (κ2) is 6.90. The van der Waals surface area contributed by atoms with Gasteiger partial charge in [-0.05, 0) is 13.3 Å². The lowest BCUT2D eigenvalue weighted by molar-refractivity contribution is 0.175. The van der Waals surface area contributed by atoms with Crippen LogP contribution in [0, 0.1) is 6.92 Å². The number of aromatic nitrogens is 1. The van der Waals surface area contributed by atoms with Gasteiger partial charge in [-0.2, -0.15) is 0 Å². The zero-order chi connectivity index (χ0) is 11.1. The van der Waals surface area contributed by atoms with E-state index in [1.807, 2.05) is 13.1 Å². The molecule has 1 heterocycles. The van der Waals surface area contributed by atoms with Crippen molar-refractivity contribution in [3.8, 4) is 0 Å². The molecule has 86 valence electrons. The summed E-state index contributed by atoms with van der Waals surface area (Å²) in [5, 5.41) is 18.7. The van der Waals surface area contributed by atoms with Gasteiger partial charge in [0.25, 0.3) is 0 Å². The average molecular weight is 230 g/mol. The van der Waals surface area contributed by atoms with Gasteiger partial charge in [-0.1, -0.05) is 0 Å². The molecule has 1 aromatic rings. The first kappa shape index (κ1) is 12.6. The molecule has 0 aliphatic heterocycles. The molecule has 0 atom stereocenters. The molecule has 4 nitrogen and oxygen atoms in total. The summed E-state index contributed by atoms with van der Waals surface area (Å²) >= 11 is 1.68. The van der Waals surface area contributed by atoms with Crippen molar-refractivity contribution >= 4 is 11.3 Å². The van der Waals surface area contributed by atoms with Crippen molar-refractivity contribution in [2.75, 3.05) is 26.3 Å². The number of rotatable bonds is 7. The minimum absolute atomic E-state index is 0.156. The third-order valence-electron chi connectivity index (χ3n) is 2.10. The summed E-state index contributed by atoms with van der Waals surface area (Å²) in [7, 11) is 0. The van der Waals surface area contributed by atoms with Crippen LogP contribution in [-0.2, 0) is 6.54 Å². The Labute approximate surface area is 94.2 Å². The van der Waals surface area contributed by atoms with E-state index in [4.69, 9.17) is 10.2 Å². The van der Waals surface area contributed by atoms with E-state index in [1.54, 1.807) is 11.3 Å². The van der Waals surface area contributed by atoms with Crippen LogP contribution >= 0.6 is 11.3 Å². The quantitative estimate of drug-likeness (QED) is 0.721. The number of aliphatic hydroxyl groups excluding tert-OH is 2. The smallest absolute Gasteiger partial charge is 0.0897 e. The van der Waals surface area contributed by atoms with E-state index in [2.05, 4.69) is 9.88 Å². The number of hydrogen-bond donors (Lipinski definition) is 2. The predicted octanol–water partition coefficient (Wildman–Crippen LogP) is 0.628. The first-order valence-electron chi connectivity index (χ1n) is 5.11. The first-order valence-corrected chi connectivity index (χ1v) is 5.93. The van der Waals surface area contributed by atoms with Gasteiger partial charge >= 0.3 is 0 Å². The van der Waals surface area contributed by atoms with Crippen LogP contribution in [0.4, 0.5) is 0 Å². The van der Waals surface area contributed by atoms with Crippen LogP contribution in [0.1, 0.15) is 16.3 Å². The molecule has 0 fully saturated rings. The average Bonchev–Trinajstić information content (AvgIpc) is 2.61. The van der Waals surface area contributed by atoms with Gasteiger partial charge in [0.1, 0.15) is 0 Å². The lowest BCUT2D eigenvalue weighted by Gasteiger charge is -2.19. The molecular formula is C10H18N2O2S. The second-order valence-corrected chi connectivity index (χ2v) is 4.74. The molecule has 0 bridgehead atoms. The molecule has 0 aliphatic rings. The largest absolute Gasteiger partial charge is 0.396 e. The van der Waals surface area contributed by atoms with Gasteiger partial charge in [0, 0.05) is 37.3 Å². The van der Waals surface area contributed by atoms with Gasteiger partial charge in [-0.25, -0.2) is 4.98 Å². The van der Waals surface area contributed by atoms with Gasteiger partial charge in [-0.3, -0.25) is 4.90 Å². The zero-order valence-corrected chi connectivity index (χ0v) is 9.83. The molecular weight excluding hydrogens is 212 g/mol. The highest BCUT2D eigenvalue weighted by atomic mass is 32.1. The van der Waals surface area contributed by atoms with Crippen molar-refractivity contribution in [3.63, 3.8) is 0 Å². The summed E-state index contributed by atoms with van der Waals surface area (Å²) in [6.45, 7) is 4.61.